The van der Waals surface area contributed by atoms with Gasteiger partial charge < -0.3 is 9.15 Å². The van der Waals surface area contributed by atoms with Gasteiger partial charge in [0, 0.05) is 16.7 Å². The van der Waals surface area contributed by atoms with E-state index in [0.29, 0.717) is 22.1 Å². The van der Waals surface area contributed by atoms with Gasteiger partial charge in [0.15, 0.2) is 0 Å². The van der Waals surface area contributed by atoms with Gasteiger partial charge >= 0.3 is 5.97 Å². The van der Waals surface area contributed by atoms with Crippen molar-refractivity contribution < 1.29 is 23.5 Å². The van der Waals surface area contributed by atoms with Crippen LogP contribution in [0.4, 0.5) is 0 Å². The quantitative estimate of drug-likeness (QED) is 0.323. The van der Waals surface area contributed by atoms with Crippen molar-refractivity contribution >= 4 is 28.3 Å². The number of fused-ring (bicyclic) bond motifs is 5. The number of ether oxygens (including phenoxy) is 1. The minimum atomic E-state index is -0.759. The standard InChI is InChI=1S/C26H18O5/c1-3-30-26(29)21-20-23(28)22(27)19-17-11-7-8-14(2)16(17)12-13-18(19)25(20)31-24(21)15-9-5-4-6-10-15/h4-13H,3H2,1-2H3. The summed E-state index contributed by atoms with van der Waals surface area (Å²) >= 11 is 0. The fourth-order valence-corrected chi connectivity index (χ4v) is 4.20. The van der Waals surface area contributed by atoms with E-state index < -0.39 is 17.5 Å². The summed E-state index contributed by atoms with van der Waals surface area (Å²) in [5.41, 5.74) is 2.41. The van der Waals surface area contributed by atoms with Crippen molar-refractivity contribution in [2.24, 2.45) is 0 Å². The molecule has 1 heterocycles. The molecule has 3 aromatic carbocycles. The Labute approximate surface area is 178 Å². The monoisotopic (exact) mass is 410 g/mol. The number of ketones is 2. The molecule has 0 spiro atoms. The van der Waals surface area contributed by atoms with E-state index in [1.54, 1.807) is 25.1 Å². The van der Waals surface area contributed by atoms with Gasteiger partial charge in [0.25, 0.3) is 0 Å². The lowest BCUT2D eigenvalue weighted by atomic mass is 9.83. The number of Topliss-reactive ketones (excluding diaryl/α,β-unsaturated/α-hetero) is 2. The summed E-state index contributed by atoms with van der Waals surface area (Å²) < 4.78 is 11.4. The molecule has 1 aromatic heterocycles. The molecule has 0 saturated heterocycles. The molecule has 1 aliphatic carbocycles. The van der Waals surface area contributed by atoms with Crippen LogP contribution in [0.25, 0.3) is 33.4 Å². The molecular weight excluding hydrogens is 392 g/mol. The van der Waals surface area contributed by atoms with Gasteiger partial charge in [-0.25, -0.2) is 4.79 Å². The Hall–Kier alpha value is -3.99. The van der Waals surface area contributed by atoms with E-state index in [0.717, 1.165) is 10.9 Å². The number of benzene rings is 3. The van der Waals surface area contributed by atoms with Crippen molar-refractivity contribution in [3.8, 4) is 22.6 Å². The van der Waals surface area contributed by atoms with Gasteiger partial charge in [-0.3, -0.25) is 9.59 Å². The number of carbonyl (C=O) groups is 3. The van der Waals surface area contributed by atoms with Gasteiger partial charge in [-0.1, -0.05) is 54.6 Å². The van der Waals surface area contributed by atoms with E-state index in [-0.39, 0.29) is 29.3 Å². The second-order valence-corrected chi connectivity index (χ2v) is 7.41. The van der Waals surface area contributed by atoms with Gasteiger partial charge in [0.1, 0.15) is 17.1 Å². The lowest BCUT2D eigenvalue weighted by Gasteiger charge is -2.17. The molecule has 31 heavy (non-hydrogen) atoms. The number of aryl methyl sites for hydroxylation is 1. The molecule has 5 nitrogen and oxygen atoms in total. The van der Waals surface area contributed by atoms with Crippen molar-refractivity contribution in [2.75, 3.05) is 6.61 Å². The number of hydrogen-bond acceptors (Lipinski definition) is 5. The van der Waals surface area contributed by atoms with E-state index in [1.807, 2.05) is 49.4 Å². The van der Waals surface area contributed by atoms with Gasteiger partial charge in [-0.05, 0) is 36.2 Å². The molecule has 0 atom stereocenters. The van der Waals surface area contributed by atoms with Crippen molar-refractivity contribution in [1.29, 1.82) is 0 Å². The summed E-state index contributed by atoms with van der Waals surface area (Å²) in [6.45, 7) is 3.77. The molecule has 0 amide bonds. The first-order valence-corrected chi connectivity index (χ1v) is 10.0. The largest absolute Gasteiger partial charge is 0.462 e. The molecule has 0 N–H and O–H groups in total. The summed E-state index contributed by atoms with van der Waals surface area (Å²) in [6, 6.07) is 18.3. The topological polar surface area (TPSA) is 73.6 Å². The lowest BCUT2D eigenvalue weighted by molar-refractivity contribution is 0.0524. The molecule has 4 aromatic rings. The molecule has 0 unspecified atom stereocenters. The van der Waals surface area contributed by atoms with E-state index in [9.17, 15) is 14.4 Å². The summed E-state index contributed by atoms with van der Waals surface area (Å²) in [5.74, 6) is -1.64. The van der Waals surface area contributed by atoms with Crippen LogP contribution >= 0.6 is 0 Å². The zero-order valence-corrected chi connectivity index (χ0v) is 17.0. The van der Waals surface area contributed by atoms with Gasteiger partial charge in [-0.15, -0.1) is 0 Å². The van der Waals surface area contributed by atoms with Crippen molar-refractivity contribution in [1.82, 2.24) is 0 Å². The number of esters is 1. The Bertz CT molecular complexity index is 1390. The summed E-state index contributed by atoms with van der Waals surface area (Å²) in [5, 5.41) is 1.59. The average Bonchev–Trinajstić information content (AvgIpc) is 3.19. The Morgan fingerprint density at radius 3 is 2.32 bits per heavy atom. The normalized spacial score (nSPS) is 12.6. The first-order chi connectivity index (χ1) is 15.0. The fourth-order valence-electron chi connectivity index (χ4n) is 4.20. The van der Waals surface area contributed by atoms with Crippen molar-refractivity contribution in [3.05, 3.63) is 82.9 Å². The highest BCUT2D eigenvalue weighted by Crippen LogP contribution is 2.44. The zero-order chi connectivity index (χ0) is 21.7. The van der Waals surface area contributed by atoms with Crippen LogP contribution in [-0.4, -0.2) is 24.1 Å². The fraction of sp³-hybridized carbons (Fsp3) is 0.115. The predicted octanol–water partition coefficient (Wildman–Crippen LogP) is 5.63. The molecule has 0 radical (unpaired) electrons. The van der Waals surface area contributed by atoms with E-state index >= 15 is 0 Å². The Morgan fingerprint density at radius 1 is 0.839 bits per heavy atom. The predicted molar refractivity (Wildman–Crippen MR) is 116 cm³/mol. The lowest BCUT2D eigenvalue weighted by Crippen LogP contribution is -2.23. The molecular formula is C26H18O5. The maximum Gasteiger partial charge on any atom is 0.342 e. The Balaban J connectivity index is 1.87. The van der Waals surface area contributed by atoms with Crippen molar-refractivity contribution in [2.45, 2.75) is 13.8 Å². The zero-order valence-electron chi connectivity index (χ0n) is 17.0. The molecule has 0 saturated carbocycles. The minimum absolute atomic E-state index is 0.00334. The Morgan fingerprint density at radius 2 is 1.58 bits per heavy atom. The highest BCUT2D eigenvalue weighted by atomic mass is 16.5. The molecule has 0 fully saturated rings. The van der Waals surface area contributed by atoms with Crippen LogP contribution in [0.2, 0.25) is 0 Å². The van der Waals surface area contributed by atoms with Crippen LogP contribution in [0.1, 0.15) is 43.6 Å². The van der Waals surface area contributed by atoms with Crippen LogP contribution in [0, 0.1) is 6.92 Å². The van der Waals surface area contributed by atoms with Crippen LogP contribution in [0.5, 0.6) is 0 Å². The third-order valence-electron chi connectivity index (χ3n) is 5.61. The van der Waals surface area contributed by atoms with Crippen LogP contribution < -0.4 is 0 Å². The maximum atomic E-state index is 13.3. The molecule has 152 valence electrons. The average molecular weight is 410 g/mol. The van der Waals surface area contributed by atoms with Crippen LogP contribution in [0.15, 0.2) is 65.1 Å². The summed E-state index contributed by atoms with van der Waals surface area (Å²) in [6.07, 6.45) is 0. The van der Waals surface area contributed by atoms with E-state index in [1.165, 1.54) is 0 Å². The van der Waals surface area contributed by atoms with E-state index in [2.05, 4.69) is 0 Å². The van der Waals surface area contributed by atoms with E-state index in [4.69, 9.17) is 9.15 Å². The number of carbonyl (C=O) groups excluding carboxylic acids is 3. The molecule has 1 aliphatic rings. The van der Waals surface area contributed by atoms with Crippen LogP contribution in [0.3, 0.4) is 0 Å². The molecule has 0 aliphatic heterocycles. The summed E-state index contributed by atoms with van der Waals surface area (Å²) in [7, 11) is 0. The maximum absolute atomic E-state index is 13.3. The van der Waals surface area contributed by atoms with Gasteiger partial charge in [0.2, 0.25) is 11.6 Å². The number of furan rings is 1. The second kappa shape index (κ2) is 7.06. The highest BCUT2D eigenvalue weighted by Gasteiger charge is 2.41. The summed E-state index contributed by atoms with van der Waals surface area (Å²) in [4.78, 5) is 39.4. The molecule has 5 rings (SSSR count). The van der Waals surface area contributed by atoms with Crippen LogP contribution in [-0.2, 0) is 4.74 Å². The minimum Gasteiger partial charge on any atom is -0.462 e. The second-order valence-electron chi connectivity index (χ2n) is 7.41. The van der Waals surface area contributed by atoms with Gasteiger partial charge in [0.05, 0.1) is 12.2 Å². The number of hydrogen-bond donors (Lipinski definition) is 0. The number of rotatable bonds is 3. The Kier molecular flexibility index (Phi) is 4.33. The molecule has 0 bridgehead atoms. The molecule has 5 heteroatoms. The first-order valence-electron chi connectivity index (χ1n) is 10.0. The third kappa shape index (κ3) is 2.74. The van der Waals surface area contributed by atoms with Crippen molar-refractivity contribution in [3.63, 3.8) is 0 Å². The van der Waals surface area contributed by atoms with Gasteiger partial charge in [-0.2, -0.15) is 0 Å². The first kappa shape index (κ1) is 19.0. The SMILES string of the molecule is CCOC(=O)c1c(-c2ccccc2)oc2c1C(=O)C(=O)c1c-2ccc2c(C)cccc12. The highest BCUT2D eigenvalue weighted by molar-refractivity contribution is 6.55. The third-order valence-corrected chi connectivity index (χ3v) is 5.61. The smallest absolute Gasteiger partial charge is 0.342 e.